The minimum Gasteiger partial charge on any atom is -0.288 e. The number of aliphatic imine (C=N–C) groups is 1. The fraction of sp³-hybridized carbons (Fsp3) is 0.0968. The highest BCUT2D eigenvalue weighted by Crippen LogP contribution is 2.37. The van der Waals surface area contributed by atoms with E-state index in [4.69, 9.17) is 9.98 Å². The number of fused-ring (bicyclic) bond motifs is 3. The Morgan fingerprint density at radius 2 is 1.45 bits per heavy atom. The summed E-state index contributed by atoms with van der Waals surface area (Å²) in [6, 6.07) is 28.1. The van der Waals surface area contributed by atoms with E-state index in [2.05, 4.69) is 97.1 Å². The van der Waals surface area contributed by atoms with Crippen LogP contribution in [0.15, 0.2) is 108 Å². The zero-order valence-corrected chi connectivity index (χ0v) is 18.4. The molecule has 2 bridgehead atoms. The Bertz CT molecular complexity index is 1420. The molecule has 0 radical (unpaired) electrons. The third-order valence-corrected chi connectivity index (χ3v) is 6.46. The lowest BCUT2D eigenvalue weighted by Gasteiger charge is -2.15. The maximum Gasteiger partial charge on any atom is 0.0715 e. The Labute approximate surface area is 194 Å². The number of pyridine rings is 1. The van der Waals surface area contributed by atoms with Crippen LogP contribution in [0.5, 0.6) is 0 Å². The molecule has 1 aliphatic carbocycles. The normalized spacial score (nSPS) is 14.2. The molecule has 33 heavy (non-hydrogen) atoms. The quantitative estimate of drug-likeness (QED) is 0.323. The second-order valence-corrected chi connectivity index (χ2v) is 8.55. The van der Waals surface area contributed by atoms with Gasteiger partial charge in [-0.2, -0.15) is 0 Å². The van der Waals surface area contributed by atoms with Crippen molar-refractivity contribution >= 4 is 11.8 Å². The number of benzene rings is 3. The number of hydrogen-bond acceptors (Lipinski definition) is 2. The van der Waals surface area contributed by atoms with Crippen LogP contribution in [-0.2, 0) is 6.54 Å². The van der Waals surface area contributed by atoms with Gasteiger partial charge in [-0.3, -0.25) is 9.98 Å². The average molecular weight is 425 g/mol. The molecule has 0 N–H and O–H groups in total. The van der Waals surface area contributed by atoms with Crippen molar-refractivity contribution < 1.29 is 0 Å². The monoisotopic (exact) mass is 424 g/mol. The molecule has 3 heterocycles. The first-order valence-electron chi connectivity index (χ1n) is 11.5. The molecule has 0 spiro atoms. The van der Waals surface area contributed by atoms with Crippen molar-refractivity contribution in [3.63, 3.8) is 0 Å². The standard InChI is InChI=1S/C31H24N2/c1-2-8-22(9-3-1)23-14-16-24(17-15-23)29-18-31-28-13-7-5-11-26(28)20-32-19-25-10-4-6-12-27(25)30(29)21-33-31/h2,4-18,20-21H,1,3,19H2. The van der Waals surface area contributed by atoms with Gasteiger partial charge in [-0.05, 0) is 52.3 Å². The van der Waals surface area contributed by atoms with Crippen LogP contribution in [0.25, 0.3) is 39.1 Å². The van der Waals surface area contributed by atoms with Gasteiger partial charge in [0.05, 0.1) is 12.2 Å². The van der Waals surface area contributed by atoms with Gasteiger partial charge in [0, 0.05) is 29.1 Å². The van der Waals surface area contributed by atoms with E-state index in [1.54, 1.807) is 0 Å². The summed E-state index contributed by atoms with van der Waals surface area (Å²) in [5.41, 5.74) is 11.7. The lowest BCUT2D eigenvalue weighted by Crippen LogP contribution is -1.94. The molecule has 0 saturated carbocycles. The Morgan fingerprint density at radius 1 is 0.667 bits per heavy atom. The van der Waals surface area contributed by atoms with Gasteiger partial charge in [0.25, 0.3) is 0 Å². The van der Waals surface area contributed by atoms with E-state index >= 15 is 0 Å². The van der Waals surface area contributed by atoms with Crippen molar-refractivity contribution in [2.24, 2.45) is 4.99 Å². The first-order chi connectivity index (χ1) is 16.4. The van der Waals surface area contributed by atoms with Gasteiger partial charge in [-0.15, -0.1) is 0 Å². The number of nitrogens with zero attached hydrogens (tertiary/aromatic N) is 2. The van der Waals surface area contributed by atoms with E-state index in [0.29, 0.717) is 6.54 Å². The predicted molar refractivity (Wildman–Crippen MR) is 138 cm³/mol. The molecule has 3 aromatic carbocycles. The minimum absolute atomic E-state index is 0.643. The molecule has 2 aliphatic heterocycles. The smallest absolute Gasteiger partial charge is 0.0715 e. The van der Waals surface area contributed by atoms with Crippen LogP contribution in [0.3, 0.4) is 0 Å². The Hall–Kier alpha value is -4.04. The topological polar surface area (TPSA) is 25.2 Å². The molecule has 1 aromatic heterocycles. The van der Waals surface area contributed by atoms with E-state index in [-0.39, 0.29) is 0 Å². The van der Waals surface area contributed by atoms with Crippen molar-refractivity contribution in [1.82, 2.24) is 4.98 Å². The van der Waals surface area contributed by atoms with Crippen LogP contribution in [-0.4, -0.2) is 11.2 Å². The first-order valence-corrected chi connectivity index (χ1v) is 11.5. The van der Waals surface area contributed by atoms with Crippen LogP contribution < -0.4 is 0 Å². The molecule has 3 aliphatic rings. The van der Waals surface area contributed by atoms with Gasteiger partial charge >= 0.3 is 0 Å². The molecular weight excluding hydrogens is 400 g/mol. The Morgan fingerprint density at radius 3 is 2.30 bits per heavy atom. The molecule has 0 atom stereocenters. The lowest BCUT2D eigenvalue weighted by atomic mass is 9.90. The van der Waals surface area contributed by atoms with E-state index in [0.717, 1.165) is 35.2 Å². The zero-order valence-electron chi connectivity index (χ0n) is 18.4. The second-order valence-electron chi connectivity index (χ2n) is 8.55. The van der Waals surface area contributed by atoms with Crippen molar-refractivity contribution in [2.75, 3.05) is 0 Å². The largest absolute Gasteiger partial charge is 0.288 e. The number of allylic oxidation sites excluding steroid dienone is 4. The highest BCUT2D eigenvalue weighted by Gasteiger charge is 2.16. The highest BCUT2D eigenvalue weighted by atomic mass is 14.7. The third-order valence-electron chi connectivity index (χ3n) is 6.46. The van der Waals surface area contributed by atoms with Crippen molar-refractivity contribution in [3.05, 3.63) is 120 Å². The minimum atomic E-state index is 0.643. The maximum absolute atomic E-state index is 4.90. The predicted octanol–water partition coefficient (Wildman–Crippen LogP) is 7.75. The molecule has 7 rings (SSSR count). The summed E-state index contributed by atoms with van der Waals surface area (Å²) in [4.78, 5) is 9.67. The highest BCUT2D eigenvalue weighted by molar-refractivity contribution is 5.93. The summed E-state index contributed by atoms with van der Waals surface area (Å²) >= 11 is 0. The zero-order chi connectivity index (χ0) is 22.0. The summed E-state index contributed by atoms with van der Waals surface area (Å²) in [7, 11) is 0. The van der Waals surface area contributed by atoms with E-state index in [1.807, 2.05) is 12.4 Å². The maximum atomic E-state index is 4.90. The molecule has 0 saturated heterocycles. The molecule has 0 amide bonds. The van der Waals surface area contributed by atoms with Crippen LogP contribution in [0.4, 0.5) is 0 Å². The average Bonchev–Trinajstić information content (AvgIpc) is 2.94. The second kappa shape index (κ2) is 8.48. The summed E-state index contributed by atoms with van der Waals surface area (Å²) in [5, 5.41) is 0. The van der Waals surface area contributed by atoms with Gasteiger partial charge in [0.15, 0.2) is 0 Å². The van der Waals surface area contributed by atoms with Gasteiger partial charge in [0.1, 0.15) is 0 Å². The molecular formula is C31H24N2. The summed E-state index contributed by atoms with van der Waals surface area (Å²) in [6.45, 7) is 0.643. The van der Waals surface area contributed by atoms with Crippen molar-refractivity contribution in [2.45, 2.75) is 19.4 Å². The fourth-order valence-electron chi connectivity index (χ4n) is 4.73. The summed E-state index contributed by atoms with van der Waals surface area (Å²) in [5.74, 6) is 0. The van der Waals surface area contributed by atoms with Crippen molar-refractivity contribution in [3.8, 4) is 33.5 Å². The third kappa shape index (κ3) is 3.74. The van der Waals surface area contributed by atoms with Gasteiger partial charge < -0.3 is 0 Å². The number of hydrogen-bond donors (Lipinski definition) is 0. The van der Waals surface area contributed by atoms with E-state index in [1.165, 1.54) is 33.4 Å². The molecule has 158 valence electrons. The van der Waals surface area contributed by atoms with Crippen LogP contribution in [0.2, 0.25) is 0 Å². The summed E-state index contributed by atoms with van der Waals surface area (Å²) < 4.78 is 0. The molecule has 0 fully saturated rings. The van der Waals surface area contributed by atoms with Crippen LogP contribution in [0, 0.1) is 0 Å². The SMILES string of the molecule is C1=CC(c2ccc(-c3cc4ncc3-c3ccccc3CN=Cc3ccccc3-4)cc2)=CCC1. The fourth-order valence-corrected chi connectivity index (χ4v) is 4.73. The molecule has 2 heteroatoms. The van der Waals surface area contributed by atoms with Gasteiger partial charge in [-0.25, -0.2) is 0 Å². The molecule has 0 unspecified atom stereocenters. The lowest BCUT2D eigenvalue weighted by molar-refractivity contribution is 1.04. The number of aromatic nitrogens is 1. The first kappa shape index (κ1) is 19.6. The van der Waals surface area contributed by atoms with Gasteiger partial charge in [-0.1, -0.05) is 91.0 Å². The molecule has 4 aromatic rings. The Kier molecular flexibility index (Phi) is 5.04. The van der Waals surface area contributed by atoms with Crippen LogP contribution in [0.1, 0.15) is 29.5 Å². The van der Waals surface area contributed by atoms with Crippen molar-refractivity contribution in [1.29, 1.82) is 0 Å². The van der Waals surface area contributed by atoms with Crippen LogP contribution >= 0.6 is 0 Å². The number of rotatable bonds is 2. The molecule has 2 nitrogen and oxygen atoms in total. The van der Waals surface area contributed by atoms with E-state index < -0.39 is 0 Å². The van der Waals surface area contributed by atoms with E-state index in [9.17, 15) is 0 Å². The summed E-state index contributed by atoms with van der Waals surface area (Å²) in [6.07, 6.45) is 13.1. The Balaban J connectivity index is 1.55. The van der Waals surface area contributed by atoms with Gasteiger partial charge in [0.2, 0.25) is 0 Å².